The number of aromatic nitrogens is 1. The van der Waals surface area contributed by atoms with Crippen LogP contribution in [0.15, 0.2) is 28.7 Å². The molecule has 0 spiro atoms. The zero-order valence-electron chi connectivity index (χ0n) is 10.6. The number of thiazole rings is 1. The maximum atomic E-state index is 9.45. The van der Waals surface area contributed by atoms with Crippen molar-refractivity contribution in [1.29, 1.82) is 5.26 Å². The molecule has 0 atom stereocenters. The highest BCUT2D eigenvalue weighted by Gasteiger charge is 2.42. The summed E-state index contributed by atoms with van der Waals surface area (Å²) in [6.07, 6.45) is 3.11. The van der Waals surface area contributed by atoms with Gasteiger partial charge in [-0.15, -0.1) is 11.3 Å². The SMILES string of the molecule is Cc1nc(-c2ccc(Br)cc2)sc1C1(C#N)CCC1. The van der Waals surface area contributed by atoms with E-state index < -0.39 is 0 Å². The summed E-state index contributed by atoms with van der Waals surface area (Å²) in [6, 6.07) is 10.7. The molecule has 1 aromatic heterocycles. The Morgan fingerprint density at radius 2 is 2.00 bits per heavy atom. The van der Waals surface area contributed by atoms with Crippen LogP contribution in [0.4, 0.5) is 0 Å². The molecule has 1 fully saturated rings. The van der Waals surface area contributed by atoms with Gasteiger partial charge in [-0.2, -0.15) is 5.26 Å². The number of halogens is 1. The standard InChI is InChI=1S/C15H13BrN2S/c1-10-13(15(9-17)7-2-8-15)19-14(18-10)11-3-5-12(16)6-4-11/h3-6H,2,7-8H2,1H3. The van der Waals surface area contributed by atoms with Crippen molar-refractivity contribution in [2.45, 2.75) is 31.6 Å². The molecule has 0 radical (unpaired) electrons. The van der Waals surface area contributed by atoms with Gasteiger partial charge in [-0.3, -0.25) is 0 Å². The van der Waals surface area contributed by atoms with Crippen LogP contribution in [-0.4, -0.2) is 4.98 Å². The first-order chi connectivity index (χ1) is 9.14. The van der Waals surface area contributed by atoms with E-state index in [1.807, 2.05) is 19.1 Å². The zero-order valence-corrected chi connectivity index (χ0v) is 13.0. The second kappa shape index (κ2) is 4.73. The maximum absolute atomic E-state index is 9.45. The number of aryl methyl sites for hydroxylation is 1. The Morgan fingerprint density at radius 3 is 2.53 bits per heavy atom. The van der Waals surface area contributed by atoms with Crippen molar-refractivity contribution in [2.24, 2.45) is 0 Å². The molecule has 0 aliphatic heterocycles. The average molecular weight is 333 g/mol. The van der Waals surface area contributed by atoms with Crippen molar-refractivity contribution >= 4 is 27.3 Å². The third-order valence-electron chi connectivity index (χ3n) is 3.74. The highest BCUT2D eigenvalue weighted by atomic mass is 79.9. The third-order valence-corrected chi connectivity index (χ3v) is 5.68. The van der Waals surface area contributed by atoms with E-state index >= 15 is 0 Å². The zero-order chi connectivity index (χ0) is 13.5. The van der Waals surface area contributed by atoms with E-state index in [2.05, 4.69) is 39.1 Å². The number of nitrogens with zero attached hydrogens (tertiary/aromatic N) is 2. The molecule has 1 heterocycles. The molecule has 0 N–H and O–H groups in total. The van der Waals surface area contributed by atoms with Crippen molar-refractivity contribution in [1.82, 2.24) is 4.98 Å². The quantitative estimate of drug-likeness (QED) is 0.789. The average Bonchev–Trinajstić information content (AvgIpc) is 2.73. The van der Waals surface area contributed by atoms with Crippen LogP contribution in [0.2, 0.25) is 0 Å². The molecule has 0 saturated heterocycles. The smallest absolute Gasteiger partial charge is 0.123 e. The molecule has 0 amide bonds. The Balaban J connectivity index is 2.02. The van der Waals surface area contributed by atoms with E-state index in [1.165, 1.54) is 4.88 Å². The molecule has 19 heavy (non-hydrogen) atoms. The fourth-order valence-electron chi connectivity index (χ4n) is 2.48. The molecule has 1 saturated carbocycles. The van der Waals surface area contributed by atoms with Gasteiger partial charge in [0.25, 0.3) is 0 Å². The van der Waals surface area contributed by atoms with Gasteiger partial charge in [0.1, 0.15) is 5.01 Å². The van der Waals surface area contributed by atoms with Crippen molar-refractivity contribution in [2.75, 3.05) is 0 Å². The predicted molar refractivity (Wildman–Crippen MR) is 81.1 cm³/mol. The second-order valence-electron chi connectivity index (χ2n) is 4.99. The first kappa shape index (κ1) is 12.8. The largest absolute Gasteiger partial charge is 0.241 e. The van der Waals surface area contributed by atoms with E-state index in [-0.39, 0.29) is 5.41 Å². The van der Waals surface area contributed by atoms with Crippen LogP contribution in [-0.2, 0) is 5.41 Å². The normalized spacial score (nSPS) is 16.7. The van der Waals surface area contributed by atoms with Crippen molar-refractivity contribution in [3.63, 3.8) is 0 Å². The maximum Gasteiger partial charge on any atom is 0.123 e. The van der Waals surface area contributed by atoms with Crippen molar-refractivity contribution < 1.29 is 0 Å². The Kier molecular flexibility index (Phi) is 3.20. The van der Waals surface area contributed by atoms with Crippen LogP contribution in [0.3, 0.4) is 0 Å². The highest BCUT2D eigenvalue weighted by Crippen LogP contribution is 2.47. The van der Waals surface area contributed by atoms with Gasteiger partial charge in [-0.25, -0.2) is 4.98 Å². The summed E-state index contributed by atoms with van der Waals surface area (Å²) in [5, 5.41) is 10.5. The van der Waals surface area contributed by atoms with Crippen LogP contribution < -0.4 is 0 Å². The Labute approximate surface area is 125 Å². The van der Waals surface area contributed by atoms with Gasteiger partial charge in [0.15, 0.2) is 0 Å². The minimum atomic E-state index is -0.255. The molecule has 4 heteroatoms. The van der Waals surface area contributed by atoms with Gasteiger partial charge in [0.2, 0.25) is 0 Å². The number of benzene rings is 1. The molecule has 96 valence electrons. The molecule has 1 aliphatic carbocycles. The van der Waals surface area contributed by atoms with Gasteiger partial charge in [0, 0.05) is 14.9 Å². The summed E-state index contributed by atoms with van der Waals surface area (Å²) in [4.78, 5) is 5.82. The molecule has 3 rings (SSSR count). The molecular weight excluding hydrogens is 320 g/mol. The fourth-order valence-corrected chi connectivity index (χ4v) is 4.01. The monoisotopic (exact) mass is 332 g/mol. The van der Waals surface area contributed by atoms with Gasteiger partial charge in [-0.1, -0.05) is 28.1 Å². The molecule has 1 aliphatic rings. The highest BCUT2D eigenvalue weighted by molar-refractivity contribution is 9.10. The van der Waals surface area contributed by atoms with E-state index in [1.54, 1.807) is 11.3 Å². The van der Waals surface area contributed by atoms with Crippen LogP contribution in [0.25, 0.3) is 10.6 Å². The van der Waals surface area contributed by atoms with Gasteiger partial charge in [0.05, 0.1) is 17.2 Å². The third kappa shape index (κ3) is 2.11. The Bertz CT molecular complexity index is 648. The van der Waals surface area contributed by atoms with Crippen molar-refractivity contribution in [3.05, 3.63) is 39.3 Å². The van der Waals surface area contributed by atoms with E-state index in [9.17, 15) is 5.26 Å². The molecule has 0 bridgehead atoms. The van der Waals surface area contributed by atoms with Crippen LogP contribution in [0.1, 0.15) is 29.8 Å². The lowest BCUT2D eigenvalue weighted by Gasteiger charge is -2.34. The second-order valence-corrected chi connectivity index (χ2v) is 6.90. The lowest BCUT2D eigenvalue weighted by Crippen LogP contribution is -2.31. The summed E-state index contributed by atoms with van der Waals surface area (Å²) in [7, 11) is 0. The first-order valence-corrected chi connectivity index (χ1v) is 7.91. The summed E-state index contributed by atoms with van der Waals surface area (Å²) >= 11 is 5.12. The van der Waals surface area contributed by atoms with Gasteiger partial charge >= 0.3 is 0 Å². The fraction of sp³-hybridized carbons (Fsp3) is 0.333. The van der Waals surface area contributed by atoms with E-state index in [0.29, 0.717) is 0 Å². The lowest BCUT2D eigenvalue weighted by atomic mass is 9.68. The molecular formula is C15H13BrN2S. The van der Waals surface area contributed by atoms with E-state index in [4.69, 9.17) is 0 Å². The Hall–Kier alpha value is -1.18. The topological polar surface area (TPSA) is 36.7 Å². The number of rotatable bonds is 2. The Morgan fingerprint density at radius 1 is 1.32 bits per heavy atom. The summed E-state index contributed by atoms with van der Waals surface area (Å²) in [6.45, 7) is 2.02. The molecule has 2 nitrogen and oxygen atoms in total. The van der Waals surface area contributed by atoms with Crippen LogP contribution in [0, 0.1) is 18.3 Å². The lowest BCUT2D eigenvalue weighted by molar-refractivity contribution is 0.328. The molecule has 1 aromatic carbocycles. The van der Waals surface area contributed by atoms with Crippen LogP contribution >= 0.6 is 27.3 Å². The minimum absolute atomic E-state index is 0.255. The summed E-state index contributed by atoms with van der Waals surface area (Å²) in [5.41, 5.74) is 1.88. The number of hydrogen-bond donors (Lipinski definition) is 0. The van der Waals surface area contributed by atoms with Crippen LogP contribution in [0.5, 0.6) is 0 Å². The van der Waals surface area contributed by atoms with E-state index in [0.717, 1.165) is 40.0 Å². The van der Waals surface area contributed by atoms with Crippen molar-refractivity contribution in [3.8, 4) is 16.6 Å². The predicted octanol–water partition coefficient (Wildman–Crippen LogP) is 4.83. The van der Waals surface area contributed by atoms with Gasteiger partial charge < -0.3 is 0 Å². The minimum Gasteiger partial charge on any atom is -0.241 e. The summed E-state index contributed by atoms with van der Waals surface area (Å²) < 4.78 is 1.07. The molecule has 2 aromatic rings. The molecule has 0 unspecified atom stereocenters. The first-order valence-electron chi connectivity index (χ1n) is 6.30. The van der Waals surface area contributed by atoms with Gasteiger partial charge in [-0.05, 0) is 38.3 Å². The number of nitriles is 1. The summed E-state index contributed by atoms with van der Waals surface area (Å²) in [5.74, 6) is 0. The number of hydrogen-bond acceptors (Lipinski definition) is 3.